The van der Waals surface area contributed by atoms with Gasteiger partial charge in [-0.2, -0.15) is 0 Å². The highest BCUT2D eigenvalue weighted by Crippen LogP contribution is 2.35. The summed E-state index contributed by atoms with van der Waals surface area (Å²) in [6, 6.07) is 8.56. The highest BCUT2D eigenvalue weighted by molar-refractivity contribution is 6.34. The van der Waals surface area contributed by atoms with Crippen molar-refractivity contribution in [3.05, 3.63) is 52.8 Å². The first-order valence-corrected chi connectivity index (χ1v) is 6.67. The molecule has 0 spiro atoms. The van der Waals surface area contributed by atoms with Gasteiger partial charge in [-0.25, -0.2) is 4.39 Å². The average molecular weight is 308 g/mol. The van der Waals surface area contributed by atoms with Crippen molar-refractivity contribution < 1.29 is 18.7 Å². The fourth-order valence-electron chi connectivity index (χ4n) is 1.97. The Morgan fingerprint density at radius 3 is 2.38 bits per heavy atom. The first kappa shape index (κ1) is 13.7. The maximum atomic E-state index is 12.8. The van der Waals surface area contributed by atoms with Gasteiger partial charge >= 0.3 is 0 Å². The second kappa shape index (κ2) is 5.61. The summed E-state index contributed by atoms with van der Waals surface area (Å²) in [4.78, 5) is 12.2. The molecule has 2 aromatic rings. The van der Waals surface area contributed by atoms with E-state index in [1.54, 1.807) is 6.07 Å². The zero-order chi connectivity index (χ0) is 14.8. The molecule has 4 nitrogen and oxygen atoms in total. The molecule has 1 aliphatic heterocycles. The molecule has 21 heavy (non-hydrogen) atoms. The number of amides is 1. The number of hydrogen-bond acceptors (Lipinski definition) is 3. The van der Waals surface area contributed by atoms with Gasteiger partial charge in [0.25, 0.3) is 5.91 Å². The number of rotatable bonds is 2. The number of carbonyl (C=O) groups is 1. The Morgan fingerprint density at radius 1 is 1.10 bits per heavy atom. The van der Waals surface area contributed by atoms with Gasteiger partial charge in [0.1, 0.15) is 19.0 Å². The van der Waals surface area contributed by atoms with Crippen molar-refractivity contribution in [2.45, 2.75) is 0 Å². The van der Waals surface area contributed by atoms with E-state index in [4.69, 9.17) is 21.1 Å². The Balaban J connectivity index is 1.85. The normalized spacial score (nSPS) is 12.9. The molecule has 0 unspecified atom stereocenters. The topological polar surface area (TPSA) is 47.6 Å². The van der Waals surface area contributed by atoms with Crippen molar-refractivity contribution in [3.8, 4) is 11.5 Å². The van der Waals surface area contributed by atoms with Crippen molar-refractivity contribution in [1.29, 1.82) is 0 Å². The molecule has 2 aromatic carbocycles. The van der Waals surface area contributed by atoms with Gasteiger partial charge in [0, 0.05) is 11.8 Å². The number of nitrogens with one attached hydrogen (secondary N) is 1. The molecule has 1 N–H and O–H groups in total. The van der Waals surface area contributed by atoms with Crippen LogP contribution in [0.25, 0.3) is 0 Å². The SMILES string of the molecule is O=C(Nc1ccc(F)cc1)c1cc2c(cc1Cl)OCCO2. The van der Waals surface area contributed by atoms with Crippen LogP contribution in [0.5, 0.6) is 11.5 Å². The summed E-state index contributed by atoms with van der Waals surface area (Å²) in [6.45, 7) is 0.873. The molecule has 1 amide bonds. The Bertz CT molecular complexity index is 688. The standard InChI is InChI=1S/C15H11ClFNO3/c16-12-8-14-13(20-5-6-21-14)7-11(12)15(19)18-10-3-1-9(17)2-4-10/h1-4,7-8H,5-6H2,(H,18,19). The third-order valence-electron chi connectivity index (χ3n) is 2.98. The molecule has 0 radical (unpaired) electrons. The molecule has 6 heteroatoms. The maximum Gasteiger partial charge on any atom is 0.257 e. The van der Waals surface area contributed by atoms with Crippen molar-refractivity contribution in [2.24, 2.45) is 0 Å². The van der Waals surface area contributed by atoms with Gasteiger partial charge in [-0.3, -0.25) is 4.79 Å². The zero-order valence-corrected chi connectivity index (χ0v) is 11.6. The van der Waals surface area contributed by atoms with Crippen LogP contribution in [0.4, 0.5) is 10.1 Å². The molecule has 108 valence electrons. The molecular formula is C15H11ClFNO3. The van der Waals surface area contributed by atoms with Crippen LogP contribution in [-0.4, -0.2) is 19.1 Å². The summed E-state index contributed by atoms with van der Waals surface area (Å²) in [6.07, 6.45) is 0. The summed E-state index contributed by atoms with van der Waals surface area (Å²) >= 11 is 6.09. The van der Waals surface area contributed by atoms with Gasteiger partial charge in [-0.15, -0.1) is 0 Å². The first-order chi connectivity index (χ1) is 10.1. The minimum atomic E-state index is -0.399. The molecule has 1 heterocycles. The molecule has 3 rings (SSSR count). The van der Waals surface area contributed by atoms with Crippen LogP contribution in [0.1, 0.15) is 10.4 Å². The molecule has 0 bridgehead atoms. The Morgan fingerprint density at radius 2 is 1.71 bits per heavy atom. The highest BCUT2D eigenvalue weighted by Gasteiger charge is 2.19. The van der Waals surface area contributed by atoms with E-state index in [1.165, 1.54) is 30.3 Å². The van der Waals surface area contributed by atoms with E-state index in [-0.39, 0.29) is 16.4 Å². The second-order valence-electron chi connectivity index (χ2n) is 4.44. The van der Waals surface area contributed by atoms with Crippen LogP contribution in [0.15, 0.2) is 36.4 Å². The van der Waals surface area contributed by atoms with Crippen LogP contribution in [-0.2, 0) is 0 Å². The van der Waals surface area contributed by atoms with E-state index < -0.39 is 5.91 Å². The molecular weight excluding hydrogens is 297 g/mol. The number of hydrogen-bond donors (Lipinski definition) is 1. The van der Waals surface area contributed by atoms with E-state index in [2.05, 4.69) is 5.32 Å². The van der Waals surface area contributed by atoms with Gasteiger partial charge in [0.2, 0.25) is 0 Å². The van der Waals surface area contributed by atoms with Crippen LogP contribution in [0.2, 0.25) is 5.02 Å². The minimum absolute atomic E-state index is 0.263. The number of ether oxygens (including phenoxy) is 2. The van der Waals surface area contributed by atoms with Crippen molar-refractivity contribution in [2.75, 3.05) is 18.5 Å². The van der Waals surface area contributed by atoms with Gasteiger partial charge in [-0.05, 0) is 30.3 Å². The van der Waals surface area contributed by atoms with E-state index in [0.29, 0.717) is 30.4 Å². The molecule has 0 aliphatic carbocycles. The predicted octanol–water partition coefficient (Wildman–Crippen LogP) is 3.50. The molecule has 0 saturated heterocycles. The van der Waals surface area contributed by atoms with Crippen molar-refractivity contribution in [1.82, 2.24) is 0 Å². The van der Waals surface area contributed by atoms with E-state index in [0.717, 1.165) is 0 Å². The molecule has 0 atom stereocenters. The Hall–Kier alpha value is -2.27. The number of benzene rings is 2. The first-order valence-electron chi connectivity index (χ1n) is 6.29. The molecule has 0 aromatic heterocycles. The summed E-state index contributed by atoms with van der Waals surface area (Å²) < 4.78 is 23.6. The number of anilines is 1. The zero-order valence-electron chi connectivity index (χ0n) is 10.9. The summed E-state index contributed by atoms with van der Waals surface area (Å²) in [5.74, 6) is 0.230. The lowest BCUT2D eigenvalue weighted by Crippen LogP contribution is -2.17. The second-order valence-corrected chi connectivity index (χ2v) is 4.84. The fraction of sp³-hybridized carbons (Fsp3) is 0.133. The van der Waals surface area contributed by atoms with Crippen LogP contribution in [0.3, 0.4) is 0 Å². The quantitative estimate of drug-likeness (QED) is 0.923. The van der Waals surface area contributed by atoms with Crippen molar-refractivity contribution >= 4 is 23.2 Å². The molecule has 0 fully saturated rings. The third kappa shape index (κ3) is 2.92. The van der Waals surface area contributed by atoms with Gasteiger partial charge < -0.3 is 14.8 Å². The maximum absolute atomic E-state index is 12.8. The smallest absolute Gasteiger partial charge is 0.257 e. The third-order valence-corrected chi connectivity index (χ3v) is 3.29. The fourth-order valence-corrected chi connectivity index (χ4v) is 2.21. The van der Waals surface area contributed by atoms with Gasteiger partial charge in [0.05, 0.1) is 10.6 Å². The monoisotopic (exact) mass is 307 g/mol. The highest BCUT2D eigenvalue weighted by atomic mass is 35.5. The lowest BCUT2D eigenvalue weighted by atomic mass is 10.1. The number of carbonyl (C=O) groups excluding carboxylic acids is 1. The lowest BCUT2D eigenvalue weighted by molar-refractivity contribution is 0.102. The molecule has 0 saturated carbocycles. The minimum Gasteiger partial charge on any atom is -0.486 e. The predicted molar refractivity (Wildman–Crippen MR) is 76.8 cm³/mol. The van der Waals surface area contributed by atoms with E-state index in [1.807, 2.05) is 0 Å². The van der Waals surface area contributed by atoms with E-state index in [9.17, 15) is 9.18 Å². The lowest BCUT2D eigenvalue weighted by Gasteiger charge is -2.19. The van der Waals surface area contributed by atoms with Crippen molar-refractivity contribution in [3.63, 3.8) is 0 Å². The summed E-state index contributed by atoms with van der Waals surface area (Å²) in [7, 11) is 0. The summed E-state index contributed by atoms with van der Waals surface area (Å²) in [5.41, 5.74) is 0.748. The number of halogens is 2. The van der Waals surface area contributed by atoms with Crippen LogP contribution >= 0.6 is 11.6 Å². The Kier molecular flexibility index (Phi) is 3.66. The van der Waals surface area contributed by atoms with Crippen LogP contribution in [0, 0.1) is 5.82 Å². The summed E-state index contributed by atoms with van der Waals surface area (Å²) in [5, 5.41) is 2.91. The molecule has 1 aliphatic rings. The van der Waals surface area contributed by atoms with Crippen LogP contribution < -0.4 is 14.8 Å². The van der Waals surface area contributed by atoms with Gasteiger partial charge in [0.15, 0.2) is 11.5 Å². The Labute approximate surface area is 125 Å². The average Bonchev–Trinajstić information content (AvgIpc) is 2.49. The largest absolute Gasteiger partial charge is 0.486 e. The van der Waals surface area contributed by atoms with Gasteiger partial charge in [-0.1, -0.05) is 11.6 Å². The van der Waals surface area contributed by atoms with E-state index >= 15 is 0 Å². The number of fused-ring (bicyclic) bond motifs is 1.